The van der Waals surface area contributed by atoms with Gasteiger partial charge in [-0.3, -0.25) is 9.98 Å². The Labute approximate surface area is 374 Å². The Morgan fingerprint density at radius 1 is 0.508 bits per heavy atom. The molecule has 0 bridgehead atoms. The van der Waals surface area contributed by atoms with Crippen molar-refractivity contribution in [3.05, 3.63) is 190 Å². The fourth-order valence-corrected chi connectivity index (χ4v) is 6.89. The summed E-state index contributed by atoms with van der Waals surface area (Å²) in [6.07, 6.45) is 2.92. The molecular formula is C50H42CoN6O6. The standard InChI is InChI=1S/2C25H21N3O3.Co/c2*1-16-8-6-7-11-20(16)18-12-13-21(25(30)31)23(14-18)26-15-22-17(2)27-28(24(22)29)19-9-4-3-5-10-19;/h2*3-15,29H,1-2H3,(H,30,31);. The largest absolute Gasteiger partial charge is 0.493 e. The third-order valence-corrected chi connectivity index (χ3v) is 10.2. The molecule has 0 aliphatic heterocycles. The summed E-state index contributed by atoms with van der Waals surface area (Å²) >= 11 is 0. The minimum atomic E-state index is -1.07. The van der Waals surface area contributed by atoms with E-state index in [0.29, 0.717) is 33.9 Å². The van der Waals surface area contributed by atoms with Crippen LogP contribution in [0.3, 0.4) is 0 Å². The summed E-state index contributed by atoms with van der Waals surface area (Å²) in [6, 6.07) is 44.5. The van der Waals surface area contributed by atoms with Crippen LogP contribution >= 0.6 is 0 Å². The van der Waals surface area contributed by atoms with E-state index in [1.807, 2.05) is 123 Å². The van der Waals surface area contributed by atoms with Gasteiger partial charge in [-0.15, -0.1) is 0 Å². The van der Waals surface area contributed by atoms with Gasteiger partial charge in [-0.2, -0.15) is 10.2 Å². The first-order valence-electron chi connectivity index (χ1n) is 19.5. The number of aliphatic imine (C=N–C) groups is 2. The molecule has 0 saturated carbocycles. The van der Waals surface area contributed by atoms with Gasteiger partial charge in [-0.25, -0.2) is 19.0 Å². The van der Waals surface area contributed by atoms with E-state index < -0.39 is 11.9 Å². The zero-order chi connectivity index (χ0) is 43.9. The monoisotopic (exact) mass is 881 g/mol. The summed E-state index contributed by atoms with van der Waals surface area (Å²) in [5, 5.41) is 49.3. The second-order valence-electron chi connectivity index (χ2n) is 14.4. The molecule has 0 amide bonds. The van der Waals surface area contributed by atoms with E-state index in [1.54, 1.807) is 50.2 Å². The molecule has 0 fully saturated rings. The van der Waals surface area contributed by atoms with Crippen molar-refractivity contribution in [2.45, 2.75) is 27.7 Å². The van der Waals surface area contributed by atoms with Gasteiger partial charge >= 0.3 is 11.9 Å². The zero-order valence-corrected chi connectivity index (χ0v) is 35.7. The van der Waals surface area contributed by atoms with Crippen LogP contribution in [-0.4, -0.2) is 64.4 Å². The maximum absolute atomic E-state index is 11.7. The molecule has 2 aromatic heterocycles. The van der Waals surface area contributed by atoms with Gasteiger partial charge in [-0.1, -0.05) is 97.1 Å². The van der Waals surface area contributed by atoms with E-state index in [-0.39, 0.29) is 39.7 Å². The number of carboxylic acids is 2. The van der Waals surface area contributed by atoms with Gasteiger partial charge < -0.3 is 20.4 Å². The van der Waals surface area contributed by atoms with Gasteiger partial charge in [0, 0.05) is 29.2 Å². The Balaban J connectivity index is 0.000000206. The van der Waals surface area contributed by atoms with E-state index in [4.69, 9.17) is 0 Å². The Morgan fingerprint density at radius 3 is 1.21 bits per heavy atom. The molecule has 8 aromatic rings. The van der Waals surface area contributed by atoms with Gasteiger partial charge in [0.2, 0.25) is 11.8 Å². The number of para-hydroxylation sites is 2. The van der Waals surface area contributed by atoms with Gasteiger partial charge in [0.1, 0.15) is 0 Å². The van der Waals surface area contributed by atoms with Crippen LogP contribution in [-0.2, 0) is 16.8 Å². The Bertz CT molecular complexity index is 2790. The molecule has 0 unspecified atom stereocenters. The van der Waals surface area contributed by atoms with Crippen molar-refractivity contribution in [3.8, 4) is 45.4 Å². The summed E-state index contributed by atoms with van der Waals surface area (Å²) in [5.74, 6) is -2.24. The number of hydrogen-bond acceptors (Lipinski definition) is 8. The molecule has 0 saturated heterocycles. The van der Waals surface area contributed by atoms with E-state index in [2.05, 4.69) is 20.2 Å². The third-order valence-electron chi connectivity index (χ3n) is 10.2. The smallest absolute Gasteiger partial charge is 0.337 e. The fraction of sp³-hybridized carbons (Fsp3) is 0.0800. The zero-order valence-electron chi connectivity index (χ0n) is 34.6. The van der Waals surface area contributed by atoms with Crippen LogP contribution in [0.15, 0.2) is 156 Å². The fourth-order valence-electron chi connectivity index (χ4n) is 6.89. The Kier molecular flexibility index (Phi) is 13.9. The van der Waals surface area contributed by atoms with E-state index in [0.717, 1.165) is 44.8 Å². The number of nitrogens with zero attached hydrogens (tertiary/aromatic N) is 6. The number of rotatable bonds is 10. The molecule has 12 nitrogen and oxygen atoms in total. The number of aromatic carboxylic acids is 2. The third kappa shape index (κ3) is 9.86. The Hall–Kier alpha value is -7.87. The van der Waals surface area contributed by atoms with Crippen molar-refractivity contribution in [2.24, 2.45) is 9.98 Å². The molecule has 2 heterocycles. The van der Waals surface area contributed by atoms with Crippen LogP contribution in [0.2, 0.25) is 0 Å². The summed E-state index contributed by atoms with van der Waals surface area (Å²) in [4.78, 5) is 32.3. The van der Waals surface area contributed by atoms with Crippen LogP contribution in [0.5, 0.6) is 11.8 Å². The van der Waals surface area contributed by atoms with Crippen LogP contribution < -0.4 is 0 Å². The predicted molar refractivity (Wildman–Crippen MR) is 242 cm³/mol. The summed E-state index contributed by atoms with van der Waals surface area (Å²) in [6.45, 7) is 7.54. The SMILES string of the molecule is Cc1ccccc1-c1ccc(C(=O)O)c(N=Cc2c(C)nn(-c3ccccc3)c2O)c1.Cc1ccccc1-c1ccc(C(=O)O)c(N=Cc2c(C)nn(-c3ccccc3)c2O)c1.[Co]. The molecule has 0 aliphatic rings. The molecule has 0 atom stereocenters. The minimum Gasteiger partial charge on any atom is -0.493 e. The molecule has 63 heavy (non-hydrogen) atoms. The average Bonchev–Trinajstić information content (AvgIpc) is 3.73. The van der Waals surface area contributed by atoms with Crippen molar-refractivity contribution >= 4 is 35.7 Å². The molecule has 4 N–H and O–H groups in total. The predicted octanol–water partition coefficient (Wildman–Crippen LogP) is 10.6. The summed E-state index contributed by atoms with van der Waals surface area (Å²) in [7, 11) is 0. The molecule has 8 rings (SSSR count). The topological polar surface area (TPSA) is 175 Å². The normalized spacial score (nSPS) is 11.0. The second kappa shape index (κ2) is 19.7. The van der Waals surface area contributed by atoms with Crippen LogP contribution in [0, 0.1) is 27.7 Å². The molecule has 0 aliphatic carbocycles. The number of carbonyl (C=O) groups is 2. The molecule has 0 spiro atoms. The minimum absolute atomic E-state index is 0. The number of benzene rings is 6. The summed E-state index contributed by atoms with van der Waals surface area (Å²) in [5.41, 5.74) is 10.2. The number of hydrogen-bond donors (Lipinski definition) is 4. The Morgan fingerprint density at radius 2 is 0.857 bits per heavy atom. The van der Waals surface area contributed by atoms with Crippen LogP contribution in [0.1, 0.15) is 54.4 Å². The van der Waals surface area contributed by atoms with E-state index in [1.165, 1.54) is 21.8 Å². The van der Waals surface area contributed by atoms with Crippen molar-refractivity contribution in [2.75, 3.05) is 0 Å². The van der Waals surface area contributed by atoms with Crippen LogP contribution in [0.25, 0.3) is 33.6 Å². The first kappa shape index (κ1) is 44.7. The summed E-state index contributed by atoms with van der Waals surface area (Å²) < 4.78 is 2.86. The van der Waals surface area contributed by atoms with Crippen molar-refractivity contribution < 1.29 is 46.8 Å². The number of aromatic hydroxyl groups is 2. The van der Waals surface area contributed by atoms with Gasteiger partial charge in [0.25, 0.3) is 0 Å². The molecular weight excluding hydrogens is 840 g/mol. The van der Waals surface area contributed by atoms with E-state index in [9.17, 15) is 30.0 Å². The van der Waals surface area contributed by atoms with Gasteiger partial charge in [-0.05, 0) is 110 Å². The number of carboxylic acid groups (broad SMARTS) is 2. The van der Waals surface area contributed by atoms with Gasteiger partial charge in [0.05, 0.1) is 56.4 Å². The van der Waals surface area contributed by atoms with Gasteiger partial charge in [0.15, 0.2) is 0 Å². The molecule has 317 valence electrons. The molecule has 1 radical (unpaired) electrons. The van der Waals surface area contributed by atoms with Crippen molar-refractivity contribution in [3.63, 3.8) is 0 Å². The number of aryl methyl sites for hydroxylation is 4. The average molecular weight is 882 g/mol. The maximum Gasteiger partial charge on any atom is 0.337 e. The molecule has 13 heteroatoms. The number of aromatic nitrogens is 4. The first-order valence-corrected chi connectivity index (χ1v) is 19.5. The van der Waals surface area contributed by atoms with Crippen molar-refractivity contribution in [1.82, 2.24) is 19.6 Å². The van der Waals surface area contributed by atoms with E-state index >= 15 is 0 Å². The van der Waals surface area contributed by atoms with Crippen molar-refractivity contribution in [1.29, 1.82) is 0 Å². The van der Waals surface area contributed by atoms with Crippen LogP contribution in [0.4, 0.5) is 11.4 Å². The second-order valence-corrected chi connectivity index (χ2v) is 14.4. The quantitative estimate of drug-likeness (QED) is 0.0982. The maximum atomic E-state index is 11.7. The first-order chi connectivity index (χ1) is 29.9. The molecule has 6 aromatic carbocycles.